The summed E-state index contributed by atoms with van der Waals surface area (Å²) in [6.45, 7) is 6.36. The number of rotatable bonds is 2. The van der Waals surface area contributed by atoms with Crippen LogP contribution in [-0.4, -0.2) is 11.1 Å². The van der Waals surface area contributed by atoms with E-state index in [-0.39, 0.29) is 5.41 Å². The summed E-state index contributed by atoms with van der Waals surface area (Å²) in [6, 6.07) is 0. The molecule has 0 amide bonds. The van der Waals surface area contributed by atoms with Crippen LogP contribution in [0.5, 0.6) is 0 Å². The number of carboxylic acids is 1. The smallest absolute Gasteiger partial charge is 0.309 e. The zero-order valence-electron chi connectivity index (χ0n) is 8.89. The monoisotopic (exact) mass is 184 g/mol. The van der Waals surface area contributed by atoms with Gasteiger partial charge in [0.1, 0.15) is 0 Å². The SMILES string of the molecule is CCC1(C(=O)O)CCCC(C)(C)C1. The van der Waals surface area contributed by atoms with E-state index >= 15 is 0 Å². The Balaban J connectivity index is 2.82. The first-order valence-electron chi connectivity index (χ1n) is 5.15. The number of hydrogen-bond donors (Lipinski definition) is 1. The Morgan fingerprint density at radius 3 is 2.31 bits per heavy atom. The van der Waals surface area contributed by atoms with Gasteiger partial charge in [-0.1, -0.05) is 27.2 Å². The van der Waals surface area contributed by atoms with Gasteiger partial charge in [-0.3, -0.25) is 4.79 Å². The average molecular weight is 184 g/mol. The molecule has 0 radical (unpaired) electrons. The second kappa shape index (κ2) is 3.32. The molecule has 0 aromatic rings. The third kappa shape index (κ3) is 2.04. The number of carboxylic acid groups (broad SMARTS) is 1. The van der Waals surface area contributed by atoms with Crippen molar-refractivity contribution in [1.29, 1.82) is 0 Å². The molecule has 2 heteroatoms. The molecule has 1 fully saturated rings. The van der Waals surface area contributed by atoms with Crippen LogP contribution in [0.1, 0.15) is 52.9 Å². The van der Waals surface area contributed by atoms with Crippen molar-refractivity contribution in [3.8, 4) is 0 Å². The summed E-state index contributed by atoms with van der Waals surface area (Å²) >= 11 is 0. The van der Waals surface area contributed by atoms with Gasteiger partial charge in [-0.25, -0.2) is 0 Å². The molecule has 0 saturated heterocycles. The Hall–Kier alpha value is -0.530. The van der Waals surface area contributed by atoms with Gasteiger partial charge in [-0.2, -0.15) is 0 Å². The Morgan fingerprint density at radius 2 is 2.00 bits per heavy atom. The topological polar surface area (TPSA) is 37.3 Å². The van der Waals surface area contributed by atoms with Crippen molar-refractivity contribution in [3.63, 3.8) is 0 Å². The van der Waals surface area contributed by atoms with Gasteiger partial charge in [0, 0.05) is 0 Å². The largest absolute Gasteiger partial charge is 0.481 e. The fourth-order valence-electron chi connectivity index (χ4n) is 2.63. The standard InChI is InChI=1S/C11H20O2/c1-4-11(9(12)13)7-5-6-10(2,3)8-11/h4-8H2,1-3H3,(H,12,13). The fraction of sp³-hybridized carbons (Fsp3) is 0.909. The van der Waals surface area contributed by atoms with Crippen molar-refractivity contribution in [3.05, 3.63) is 0 Å². The maximum atomic E-state index is 11.2. The summed E-state index contributed by atoms with van der Waals surface area (Å²) in [5.74, 6) is -0.595. The van der Waals surface area contributed by atoms with Crippen LogP contribution in [0.15, 0.2) is 0 Å². The highest BCUT2D eigenvalue weighted by Crippen LogP contribution is 2.48. The van der Waals surface area contributed by atoms with Crippen LogP contribution in [0, 0.1) is 10.8 Å². The minimum absolute atomic E-state index is 0.215. The van der Waals surface area contributed by atoms with Crippen molar-refractivity contribution in [2.75, 3.05) is 0 Å². The van der Waals surface area contributed by atoms with Gasteiger partial charge in [0.05, 0.1) is 5.41 Å². The van der Waals surface area contributed by atoms with Gasteiger partial charge in [-0.15, -0.1) is 0 Å². The molecule has 1 atom stereocenters. The van der Waals surface area contributed by atoms with E-state index in [1.165, 1.54) is 6.42 Å². The molecule has 2 nitrogen and oxygen atoms in total. The van der Waals surface area contributed by atoms with Gasteiger partial charge in [0.2, 0.25) is 0 Å². The Morgan fingerprint density at radius 1 is 1.38 bits per heavy atom. The van der Waals surface area contributed by atoms with Crippen molar-refractivity contribution < 1.29 is 9.90 Å². The summed E-state index contributed by atoms with van der Waals surface area (Å²) < 4.78 is 0. The lowest BCUT2D eigenvalue weighted by Crippen LogP contribution is -2.39. The van der Waals surface area contributed by atoms with E-state index in [1.54, 1.807) is 0 Å². The number of aliphatic carboxylic acids is 1. The molecule has 76 valence electrons. The van der Waals surface area contributed by atoms with Gasteiger partial charge in [0.25, 0.3) is 0 Å². The molecule has 1 unspecified atom stereocenters. The van der Waals surface area contributed by atoms with Crippen molar-refractivity contribution >= 4 is 5.97 Å². The summed E-state index contributed by atoms with van der Waals surface area (Å²) in [6.07, 6.45) is 4.70. The van der Waals surface area contributed by atoms with Crippen molar-refractivity contribution in [1.82, 2.24) is 0 Å². The molecule has 0 bridgehead atoms. The van der Waals surface area contributed by atoms with E-state index in [0.29, 0.717) is 0 Å². The predicted octanol–water partition coefficient (Wildman–Crippen LogP) is 3.07. The van der Waals surface area contributed by atoms with Gasteiger partial charge in [-0.05, 0) is 31.1 Å². The second-order valence-electron chi connectivity index (χ2n) is 5.13. The Kier molecular flexibility index (Phi) is 2.69. The second-order valence-corrected chi connectivity index (χ2v) is 5.13. The normalized spacial score (nSPS) is 32.8. The minimum atomic E-state index is -0.595. The zero-order chi connectivity index (χ0) is 10.1. The molecule has 0 spiro atoms. The lowest BCUT2D eigenvalue weighted by atomic mass is 9.62. The third-order valence-corrected chi connectivity index (χ3v) is 3.46. The molecular formula is C11H20O2. The van der Waals surface area contributed by atoms with Gasteiger partial charge >= 0.3 is 5.97 Å². The third-order valence-electron chi connectivity index (χ3n) is 3.46. The molecule has 1 saturated carbocycles. The molecule has 0 aliphatic heterocycles. The summed E-state index contributed by atoms with van der Waals surface area (Å²) in [5.41, 5.74) is -0.214. The zero-order valence-corrected chi connectivity index (χ0v) is 8.89. The molecule has 1 N–H and O–H groups in total. The van der Waals surface area contributed by atoms with Crippen LogP contribution in [0.25, 0.3) is 0 Å². The Bertz CT molecular complexity index is 208. The van der Waals surface area contributed by atoms with Crippen LogP contribution in [0.2, 0.25) is 0 Å². The molecule has 0 heterocycles. The van der Waals surface area contributed by atoms with Crippen LogP contribution in [-0.2, 0) is 4.79 Å². The number of hydrogen-bond acceptors (Lipinski definition) is 1. The molecule has 1 rings (SSSR count). The maximum Gasteiger partial charge on any atom is 0.309 e. The molecule has 0 aromatic heterocycles. The summed E-state index contributed by atoms with van der Waals surface area (Å²) in [4.78, 5) is 11.2. The quantitative estimate of drug-likeness (QED) is 0.716. The van der Waals surface area contributed by atoms with E-state index in [2.05, 4.69) is 13.8 Å². The molecular weight excluding hydrogens is 164 g/mol. The first kappa shape index (κ1) is 10.6. The maximum absolute atomic E-state index is 11.2. The number of carbonyl (C=O) groups is 1. The Labute approximate surface area is 80.3 Å². The van der Waals surface area contributed by atoms with E-state index in [9.17, 15) is 9.90 Å². The summed E-state index contributed by atoms with van der Waals surface area (Å²) in [7, 11) is 0. The van der Waals surface area contributed by atoms with Crippen molar-refractivity contribution in [2.45, 2.75) is 52.9 Å². The first-order valence-corrected chi connectivity index (χ1v) is 5.15. The van der Waals surface area contributed by atoms with E-state index in [1.807, 2.05) is 6.92 Å². The molecule has 1 aliphatic carbocycles. The van der Waals surface area contributed by atoms with Crippen molar-refractivity contribution in [2.24, 2.45) is 10.8 Å². The highest BCUT2D eigenvalue weighted by Gasteiger charge is 2.44. The average Bonchev–Trinajstić information content (AvgIpc) is 2.02. The first-order chi connectivity index (χ1) is 5.92. The molecule has 1 aliphatic rings. The van der Waals surface area contributed by atoms with Crippen LogP contribution < -0.4 is 0 Å². The van der Waals surface area contributed by atoms with Gasteiger partial charge in [0.15, 0.2) is 0 Å². The molecule has 13 heavy (non-hydrogen) atoms. The van der Waals surface area contributed by atoms with Crippen LogP contribution >= 0.6 is 0 Å². The highest BCUT2D eigenvalue weighted by molar-refractivity contribution is 5.74. The highest BCUT2D eigenvalue weighted by atomic mass is 16.4. The minimum Gasteiger partial charge on any atom is -0.481 e. The molecule has 0 aromatic carbocycles. The summed E-state index contributed by atoms with van der Waals surface area (Å²) in [5, 5.41) is 9.22. The lowest BCUT2D eigenvalue weighted by Gasteiger charge is -2.41. The lowest BCUT2D eigenvalue weighted by molar-refractivity contribution is -0.154. The van der Waals surface area contributed by atoms with Crippen LogP contribution in [0.3, 0.4) is 0 Å². The van der Waals surface area contributed by atoms with E-state index in [4.69, 9.17) is 0 Å². The van der Waals surface area contributed by atoms with Crippen LogP contribution in [0.4, 0.5) is 0 Å². The predicted molar refractivity (Wildman–Crippen MR) is 52.6 cm³/mol. The van der Waals surface area contributed by atoms with E-state index < -0.39 is 11.4 Å². The van der Waals surface area contributed by atoms with E-state index in [0.717, 1.165) is 25.7 Å². The van der Waals surface area contributed by atoms with Gasteiger partial charge < -0.3 is 5.11 Å². The fourth-order valence-corrected chi connectivity index (χ4v) is 2.63.